The largest absolute Gasteiger partial charge is 0.497 e. The number of hydrogen-bond donors (Lipinski definition) is 0. The van der Waals surface area contributed by atoms with Crippen LogP contribution in [0.15, 0.2) is 66.9 Å². The zero-order chi connectivity index (χ0) is 22.6. The van der Waals surface area contributed by atoms with Crippen molar-refractivity contribution in [3.8, 4) is 11.5 Å². The van der Waals surface area contributed by atoms with E-state index in [2.05, 4.69) is 40.2 Å². The minimum Gasteiger partial charge on any atom is -0.497 e. The van der Waals surface area contributed by atoms with Gasteiger partial charge in [-0.3, -0.25) is 4.98 Å². The standard InChI is InChI=1S/C28H29ClN2O2/c1-32-23-10-11-28-26(18-23)24(25-4-2-14-30-27(25)19-33-28)5-3-15-31-16-12-21(13-17-31)20-6-8-22(29)9-7-20/h2,4-11,14,18,21H,3,12-13,15-17,19H2,1H3. The second kappa shape index (κ2) is 9.98. The number of piperidine rings is 1. The van der Waals surface area contributed by atoms with Crippen molar-refractivity contribution in [3.05, 3.63) is 94.3 Å². The third-order valence-corrected chi connectivity index (χ3v) is 7.00. The van der Waals surface area contributed by atoms with Crippen LogP contribution in [0.4, 0.5) is 0 Å². The van der Waals surface area contributed by atoms with E-state index < -0.39 is 0 Å². The molecule has 2 aliphatic heterocycles. The maximum atomic E-state index is 6.08. The molecule has 0 aliphatic carbocycles. The van der Waals surface area contributed by atoms with Crippen molar-refractivity contribution in [2.75, 3.05) is 26.7 Å². The number of hydrogen-bond acceptors (Lipinski definition) is 4. The predicted octanol–water partition coefficient (Wildman–Crippen LogP) is 6.34. The molecule has 1 fully saturated rings. The Balaban J connectivity index is 1.30. The molecule has 1 saturated heterocycles. The fourth-order valence-corrected chi connectivity index (χ4v) is 5.02. The van der Waals surface area contributed by atoms with E-state index in [1.807, 2.05) is 36.5 Å². The van der Waals surface area contributed by atoms with Gasteiger partial charge < -0.3 is 14.4 Å². The molecular formula is C28H29ClN2O2. The van der Waals surface area contributed by atoms with Crippen LogP contribution in [0.2, 0.25) is 5.02 Å². The number of benzene rings is 2. The third-order valence-electron chi connectivity index (χ3n) is 6.74. The number of aromatic nitrogens is 1. The van der Waals surface area contributed by atoms with Crippen molar-refractivity contribution in [2.45, 2.75) is 31.8 Å². The van der Waals surface area contributed by atoms with E-state index >= 15 is 0 Å². The first kappa shape index (κ1) is 22.0. The lowest BCUT2D eigenvalue weighted by molar-refractivity contribution is 0.216. The molecule has 0 spiro atoms. The van der Waals surface area contributed by atoms with Gasteiger partial charge in [0, 0.05) is 28.9 Å². The van der Waals surface area contributed by atoms with Crippen molar-refractivity contribution < 1.29 is 9.47 Å². The van der Waals surface area contributed by atoms with E-state index in [4.69, 9.17) is 21.1 Å². The fraction of sp³-hybridized carbons (Fsp3) is 0.321. The summed E-state index contributed by atoms with van der Waals surface area (Å²) in [7, 11) is 1.70. The lowest BCUT2D eigenvalue weighted by atomic mass is 9.89. The minimum atomic E-state index is 0.477. The Labute approximate surface area is 200 Å². The highest BCUT2D eigenvalue weighted by Gasteiger charge is 2.22. The predicted molar refractivity (Wildman–Crippen MR) is 133 cm³/mol. The summed E-state index contributed by atoms with van der Waals surface area (Å²) in [6.07, 6.45) is 7.55. The fourth-order valence-electron chi connectivity index (χ4n) is 4.90. The molecule has 3 aromatic rings. The van der Waals surface area contributed by atoms with Crippen LogP contribution in [0, 0.1) is 0 Å². The van der Waals surface area contributed by atoms with Gasteiger partial charge in [-0.25, -0.2) is 0 Å². The molecular weight excluding hydrogens is 432 g/mol. The van der Waals surface area contributed by atoms with E-state index in [0.29, 0.717) is 12.5 Å². The number of ether oxygens (including phenoxy) is 2. The molecule has 3 heterocycles. The molecule has 33 heavy (non-hydrogen) atoms. The first-order chi connectivity index (χ1) is 16.2. The summed E-state index contributed by atoms with van der Waals surface area (Å²) < 4.78 is 11.6. The van der Waals surface area contributed by atoms with Crippen molar-refractivity contribution in [3.63, 3.8) is 0 Å². The van der Waals surface area contributed by atoms with Gasteiger partial charge in [-0.15, -0.1) is 0 Å². The number of nitrogens with zero attached hydrogens (tertiary/aromatic N) is 2. The highest BCUT2D eigenvalue weighted by atomic mass is 35.5. The van der Waals surface area contributed by atoms with E-state index in [0.717, 1.165) is 59.4 Å². The number of fused-ring (bicyclic) bond motifs is 2. The third kappa shape index (κ3) is 4.92. The molecule has 2 aromatic carbocycles. The molecule has 2 aliphatic rings. The van der Waals surface area contributed by atoms with Crippen LogP contribution in [0.5, 0.6) is 11.5 Å². The quantitative estimate of drug-likeness (QED) is 0.445. The lowest BCUT2D eigenvalue weighted by Crippen LogP contribution is -2.33. The molecule has 1 aromatic heterocycles. The zero-order valence-electron chi connectivity index (χ0n) is 19.0. The maximum absolute atomic E-state index is 6.08. The van der Waals surface area contributed by atoms with Gasteiger partial charge in [0.15, 0.2) is 0 Å². The van der Waals surface area contributed by atoms with Crippen molar-refractivity contribution >= 4 is 17.2 Å². The molecule has 0 atom stereocenters. The first-order valence-electron chi connectivity index (χ1n) is 11.6. The Bertz CT molecular complexity index is 1130. The topological polar surface area (TPSA) is 34.6 Å². The van der Waals surface area contributed by atoms with Gasteiger partial charge in [0.05, 0.1) is 12.8 Å². The summed E-state index contributed by atoms with van der Waals surface area (Å²) in [6.45, 7) is 3.78. The summed E-state index contributed by atoms with van der Waals surface area (Å²) in [5.41, 5.74) is 5.78. The smallest absolute Gasteiger partial charge is 0.131 e. The Morgan fingerprint density at radius 3 is 2.70 bits per heavy atom. The Kier molecular flexibility index (Phi) is 6.65. The monoisotopic (exact) mass is 460 g/mol. The van der Waals surface area contributed by atoms with Crippen molar-refractivity contribution in [1.29, 1.82) is 0 Å². The lowest BCUT2D eigenvalue weighted by Gasteiger charge is -2.32. The van der Waals surface area contributed by atoms with Gasteiger partial charge in [-0.05, 0) is 85.8 Å². The number of rotatable bonds is 5. The number of methoxy groups -OCH3 is 1. The molecule has 0 N–H and O–H groups in total. The van der Waals surface area contributed by atoms with Gasteiger partial charge in [0.25, 0.3) is 0 Å². The highest BCUT2D eigenvalue weighted by Crippen LogP contribution is 2.38. The number of pyridine rings is 1. The Morgan fingerprint density at radius 2 is 1.91 bits per heavy atom. The number of halogens is 1. The van der Waals surface area contributed by atoms with Gasteiger partial charge in [-0.1, -0.05) is 35.9 Å². The van der Waals surface area contributed by atoms with Crippen LogP contribution in [-0.4, -0.2) is 36.6 Å². The maximum Gasteiger partial charge on any atom is 0.131 e. The summed E-state index contributed by atoms with van der Waals surface area (Å²) in [6, 6.07) is 18.5. The molecule has 5 rings (SSSR count). The summed E-state index contributed by atoms with van der Waals surface area (Å²) in [5.74, 6) is 2.34. The average Bonchev–Trinajstić information content (AvgIpc) is 3.02. The van der Waals surface area contributed by atoms with Crippen molar-refractivity contribution in [2.24, 2.45) is 0 Å². The van der Waals surface area contributed by atoms with Crippen LogP contribution in [0.25, 0.3) is 5.57 Å². The molecule has 0 amide bonds. The summed E-state index contributed by atoms with van der Waals surface area (Å²) in [4.78, 5) is 7.16. The van der Waals surface area contributed by atoms with Gasteiger partial charge >= 0.3 is 0 Å². The van der Waals surface area contributed by atoms with E-state index in [1.165, 1.54) is 24.0 Å². The van der Waals surface area contributed by atoms with E-state index in [-0.39, 0.29) is 0 Å². The molecule has 170 valence electrons. The molecule has 0 saturated carbocycles. The molecule has 4 nitrogen and oxygen atoms in total. The van der Waals surface area contributed by atoms with Crippen LogP contribution >= 0.6 is 11.6 Å². The normalized spacial score (nSPS) is 17.7. The van der Waals surface area contributed by atoms with Crippen LogP contribution in [0.1, 0.15) is 47.6 Å². The van der Waals surface area contributed by atoms with E-state index in [1.54, 1.807) is 7.11 Å². The average molecular weight is 461 g/mol. The van der Waals surface area contributed by atoms with Gasteiger partial charge in [0.1, 0.15) is 18.1 Å². The second-order valence-corrected chi connectivity index (χ2v) is 9.16. The SMILES string of the molecule is COc1ccc2c(c1)C(=CCCN1CCC(c3ccc(Cl)cc3)CC1)c1cccnc1CO2. The van der Waals surface area contributed by atoms with Gasteiger partial charge in [-0.2, -0.15) is 0 Å². The first-order valence-corrected chi connectivity index (χ1v) is 12.0. The van der Waals surface area contributed by atoms with Crippen LogP contribution < -0.4 is 9.47 Å². The molecule has 5 heteroatoms. The molecule has 0 bridgehead atoms. The van der Waals surface area contributed by atoms with Crippen molar-refractivity contribution in [1.82, 2.24) is 9.88 Å². The van der Waals surface area contributed by atoms with Crippen LogP contribution in [-0.2, 0) is 6.61 Å². The number of likely N-dealkylation sites (tertiary alicyclic amines) is 1. The minimum absolute atomic E-state index is 0.477. The second-order valence-electron chi connectivity index (χ2n) is 8.72. The molecule has 0 radical (unpaired) electrons. The van der Waals surface area contributed by atoms with Crippen LogP contribution in [0.3, 0.4) is 0 Å². The van der Waals surface area contributed by atoms with E-state index in [9.17, 15) is 0 Å². The highest BCUT2D eigenvalue weighted by molar-refractivity contribution is 6.30. The Hall–Kier alpha value is -2.82. The van der Waals surface area contributed by atoms with Gasteiger partial charge in [0.2, 0.25) is 0 Å². The zero-order valence-corrected chi connectivity index (χ0v) is 19.7. The summed E-state index contributed by atoms with van der Waals surface area (Å²) >= 11 is 6.05. The summed E-state index contributed by atoms with van der Waals surface area (Å²) in [5, 5.41) is 0.809. The molecule has 0 unspecified atom stereocenters. The Morgan fingerprint density at radius 1 is 1.09 bits per heavy atom.